The largest absolute Gasteiger partial charge is 0.401 e. The molecule has 0 aromatic carbocycles. The number of unbranched alkanes of at least 4 members (excludes halogenated alkanes) is 1. The fourth-order valence-electron chi connectivity index (χ4n) is 0.964. The van der Waals surface area contributed by atoms with E-state index in [1.54, 1.807) is 4.57 Å². The zero-order valence-corrected chi connectivity index (χ0v) is 7.99. The normalized spacial score (nSPS) is 10.3. The summed E-state index contributed by atoms with van der Waals surface area (Å²) in [5.74, 6) is -0.266. The van der Waals surface area contributed by atoms with E-state index in [0.29, 0.717) is 6.54 Å². The molecular formula is C7H10ClN3O2. The topological polar surface area (TPSA) is 61.0 Å². The molecule has 0 N–H and O–H groups in total. The van der Waals surface area contributed by atoms with Crippen molar-refractivity contribution in [3.8, 4) is 0 Å². The van der Waals surface area contributed by atoms with Crippen LogP contribution in [0.4, 0.5) is 5.82 Å². The van der Waals surface area contributed by atoms with Crippen molar-refractivity contribution in [2.24, 2.45) is 0 Å². The first-order valence-electron chi connectivity index (χ1n) is 4.01. The van der Waals surface area contributed by atoms with Crippen LogP contribution in [0.5, 0.6) is 0 Å². The Bertz CT molecular complexity index is 311. The molecule has 0 saturated heterocycles. The van der Waals surface area contributed by atoms with Crippen LogP contribution in [0.25, 0.3) is 0 Å². The van der Waals surface area contributed by atoms with Gasteiger partial charge >= 0.3 is 5.82 Å². The molecule has 0 atom stereocenters. The van der Waals surface area contributed by atoms with Crippen LogP contribution in [0.1, 0.15) is 19.8 Å². The van der Waals surface area contributed by atoms with Gasteiger partial charge in [0.2, 0.25) is 11.5 Å². The van der Waals surface area contributed by atoms with Crippen molar-refractivity contribution >= 4 is 17.4 Å². The molecule has 0 unspecified atom stereocenters. The van der Waals surface area contributed by atoms with Gasteiger partial charge in [-0.15, -0.1) is 0 Å². The fraction of sp³-hybridized carbons (Fsp3) is 0.571. The summed E-state index contributed by atoms with van der Waals surface area (Å²) in [4.78, 5) is 13.4. The predicted molar refractivity (Wildman–Crippen MR) is 48.8 cm³/mol. The lowest BCUT2D eigenvalue weighted by molar-refractivity contribution is -0.389. The Balaban J connectivity index is 2.80. The highest BCUT2D eigenvalue weighted by Gasteiger charge is 2.18. The average molecular weight is 204 g/mol. The maximum Gasteiger partial charge on any atom is 0.401 e. The molecule has 0 aliphatic carbocycles. The highest BCUT2D eigenvalue weighted by atomic mass is 35.5. The third-order valence-electron chi connectivity index (χ3n) is 1.68. The molecule has 0 radical (unpaired) electrons. The molecule has 0 amide bonds. The second-order valence-corrected chi connectivity index (χ2v) is 3.02. The van der Waals surface area contributed by atoms with Gasteiger partial charge < -0.3 is 10.1 Å². The molecule has 6 heteroatoms. The van der Waals surface area contributed by atoms with Gasteiger partial charge in [-0.25, -0.2) is 0 Å². The molecule has 1 aromatic rings. The molecule has 0 bridgehead atoms. The lowest BCUT2D eigenvalue weighted by Crippen LogP contribution is -1.96. The molecule has 0 spiro atoms. The Morgan fingerprint density at radius 2 is 2.46 bits per heavy atom. The summed E-state index contributed by atoms with van der Waals surface area (Å²) in [6.45, 7) is 2.72. The molecule has 0 saturated carbocycles. The van der Waals surface area contributed by atoms with E-state index in [4.69, 9.17) is 11.6 Å². The van der Waals surface area contributed by atoms with Gasteiger partial charge in [0.1, 0.15) is 0 Å². The molecule has 1 aromatic heterocycles. The van der Waals surface area contributed by atoms with Gasteiger partial charge in [0.15, 0.2) is 0 Å². The summed E-state index contributed by atoms with van der Waals surface area (Å²) in [6.07, 6.45) is 3.35. The van der Waals surface area contributed by atoms with E-state index in [1.165, 1.54) is 6.33 Å². The van der Waals surface area contributed by atoms with Crippen LogP contribution >= 0.6 is 11.6 Å². The van der Waals surface area contributed by atoms with E-state index in [2.05, 4.69) is 4.98 Å². The number of aromatic nitrogens is 2. The smallest absolute Gasteiger partial charge is 0.358 e. The van der Waals surface area contributed by atoms with Crippen LogP contribution in [-0.4, -0.2) is 14.5 Å². The average Bonchev–Trinajstić information content (AvgIpc) is 2.43. The molecule has 0 fully saturated rings. The lowest BCUT2D eigenvalue weighted by Gasteiger charge is -1.98. The summed E-state index contributed by atoms with van der Waals surface area (Å²) < 4.78 is 1.59. The summed E-state index contributed by atoms with van der Waals surface area (Å²) in [5, 5.41) is 10.5. The van der Waals surface area contributed by atoms with Crippen molar-refractivity contribution in [2.75, 3.05) is 0 Å². The second-order valence-electron chi connectivity index (χ2n) is 2.66. The first-order chi connectivity index (χ1) is 6.16. The maximum absolute atomic E-state index is 10.4. The first kappa shape index (κ1) is 9.98. The zero-order chi connectivity index (χ0) is 9.84. The number of hydrogen-bond donors (Lipinski definition) is 0. The third kappa shape index (κ3) is 2.18. The van der Waals surface area contributed by atoms with E-state index in [-0.39, 0.29) is 11.0 Å². The molecular weight excluding hydrogens is 194 g/mol. The minimum absolute atomic E-state index is 0.110. The van der Waals surface area contributed by atoms with E-state index in [9.17, 15) is 10.1 Å². The van der Waals surface area contributed by atoms with E-state index in [0.717, 1.165) is 12.8 Å². The van der Waals surface area contributed by atoms with Gasteiger partial charge in [-0.3, -0.25) is 4.57 Å². The maximum atomic E-state index is 10.4. The predicted octanol–water partition coefficient (Wildman–Crippen LogP) is 2.24. The summed E-state index contributed by atoms with van der Waals surface area (Å²) >= 11 is 5.71. The van der Waals surface area contributed by atoms with E-state index < -0.39 is 4.92 Å². The molecule has 1 rings (SSSR count). The van der Waals surface area contributed by atoms with Crippen LogP contribution in [0.2, 0.25) is 5.15 Å². The van der Waals surface area contributed by atoms with Crippen molar-refractivity contribution in [2.45, 2.75) is 26.3 Å². The van der Waals surface area contributed by atoms with Crippen molar-refractivity contribution < 1.29 is 4.92 Å². The Kier molecular flexibility index (Phi) is 3.25. The SMILES string of the molecule is CCCCn1cnc([N+](=O)[O-])c1Cl. The van der Waals surface area contributed by atoms with Crippen molar-refractivity contribution in [1.82, 2.24) is 9.55 Å². The van der Waals surface area contributed by atoms with Crippen LogP contribution < -0.4 is 0 Å². The van der Waals surface area contributed by atoms with Gasteiger partial charge in [0, 0.05) is 6.54 Å². The Hall–Kier alpha value is -1.10. The van der Waals surface area contributed by atoms with E-state index in [1.807, 2.05) is 6.92 Å². The highest BCUT2D eigenvalue weighted by molar-refractivity contribution is 6.31. The Morgan fingerprint density at radius 1 is 1.77 bits per heavy atom. The van der Waals surface area contributed by atoms with Crippen LogP contribution in [0.15, 0.2) is 6.33 Å². The fourth-order valence-corrected chi connectivity index (χ4v) is 1.21. The number of halogens is 1. The van der Waals surface area contributed by atoms with Crippen LogP contribution in [0.3, 0.4) is 0 Å². The Morgan fingerprint density at radius 3 is 2.92 bits per heavy atom. The second kappa shape index (κ2) is 4.23. The molecule has 72 valence electrons. The van der Waals surface area contributed by atoms with Crippen LogP contribution in [-0.2, 0) is 6.54 Å². The van der Waals surface area contributed by atoms with Crippen molar-refractivity contribution in [1.29, 1.82) is 0 Å². The summed E-state index contributed by atoms with van der Waals surface area (Å²) in [5.41, 5.74) is 0. The molecule has 13 heavy (non-hydrogen) atoms. The number of nitrogens with zero attached hydrogens (tertiary/aromatic N) is 3. The number of imidazole rings is 1. The number of nitro groups is 1. The standard InChI is InChI=1S/C7H10ClN3O2/c1-2-3-4-10-5-9-7(6(10)8)11(12)13/h5H,2-4H2,1H3. The zero-order valence-electron chi connectivity index (χ0n) is 7.23. The quantitative estimate of drug-likeness (QED) is 0.557. The third-order valence-corrected chi connectivity index (χ3v) is 2.07. The number of aryl methyl sites for hydroxylation is 1. The minimum atomic E-state index is -0.579. The lowest BCUT2D eigenvalue weighted by atomic mass is 10.3. The first-order valence-corrected chi connectivity index (χ1v) is 4.39. The summed E-state index contributed by atoms with van der Waals surface area (Å²) in [7, 11) is 0. The number of hydrogen-bond acceptors (Lipinski definition) is 3. The van der Waals surface area contributed by atoms with Crippen molar-refractivity contribution in [3.05, 3.63) is 21.6 Å². The van der Waals surface area contributed by atoms with E-state index >= 15 is 0 Å². The monoisotopic (exact) mass is 203 g/mol. The molecule has 5 nitrogen and oxygen atoms in total. The summed E-state index contributed by atoms with van der Waals surface area (Å²) in [6, 6.07) is 0. The van der Waals surface area contributed by atoms with Crippen molar-refractivity contribution in [3.63, 3.8) is 0 Å². The number of rotatable bonds is 4. The van der Waals surface area contributed by atoms with Gasteiger partial charge in [-0.2, -0.15) is 0 Å². The van der Waals surface area contributed by atoms with Gasteiger partial charge in [-0.1, -0.05) is 24.9 Å². The minimum Gasteiger partial charge on any atom is -0.358 e. The van der Waals surface area contributed by atoms with Crippen LogP contribution in [0, 0.1) is 10.1 Å². The van der Waals surface area contributed by atoms with Gasteiger partial charge in [0.05, 0.1) is 0 Å². The Labute approximate surface area is 80.5 Å². The van der Waals surface area contributed by atoms with Gasteiger partial charge in [0.25, 0.3) is 0 Å². The molecule has 0 aliphatic rings. The molecule has 0 aliphatic heterocycles. The van der Waals surface area contributed by atoms with Gasteiger partial charge in [-0.05, 0) is 16.3 Å². The highest BCUT2D eigenvalue weighted by Crippen LogP contribution is 2.21. The molecule has 1 heterocycles.